The van der Waals surface area contributed by atoms with E-state index in [2.05, 4.69) is 10.3 Å². The van der Waals surface area contributed by atoms with Crippen molar-refractivity contribution in [2.24, 2.45) is 0 Å². The predicted molar refractivity (Wildman–Crippen MR) is 20.8 cm³/mol. The first-order valence-electron chi connectivity index (χ1n) is 1.61. The van der Waals surface area contributed by atoms with Crippen LogP contribution in [0, 0.1) is 0 Å². The molecule has 0 heterocycles. The maximum absolute atomic E-state index is 9.76. The van der Waals surface area contributed by atoms with E-state index < -0.39 is 0 Å². The van der Waals surface area contributed by atoms with Gasteiger partial charge in [-0.1, -0.05) is 0 Å². The number of hydrogen-bond acceptors (Lipinski definition) is 3. The molecular formula is C3H7NO2. The molecule has 0 amide bonds. The van der Waals surface area contributed by atoms with Gasteiger partial charge < -0.3 is 4.84 Å². The summed E-state index contributed by atoms with van der Waals surface area (Å²) in [6.07, 6.45) is 0. The van der Waals surface area contributed by atoms with Gasteiger partial charge in [-0.05, 0) is 0 Å². The van der Waals surface area contributed by atoms with Gasteiger partial charge in [-0.25, -0.2) is 0 Å². The van der Waals surface area contributed by atoms with Gasteiger partial charge in [0.1, 0.15) is 0 Å². The molecule has 0 unspecified atom stereocenters. The minimum absolute atomic E-state index is 0.322. The third kappa shape index (κ3) is 3.43. The number of carbonyl (C=O) groups excluding carboxylic acids is 1. The maximum Gasteiger partial charge on any atom is 0.321 e. The molecule has 0 atom stereocenters. The molecule has 0 rings (SSSR count). The zero-order valence-electron chi connectivity index (χ0n) is 3.82. The third-order valence-corrected chi connectivity index (χ3v) is 0.246. The van der Waals surface area contributed by atoms with Crippen LogP contribution < -0.4 is 5.48 Å². The van der Waals surface area contributed by atoms with E-state index in [-0.39, 0.29) is 5.97 Å². The molecule has 0 aliphatic rings. The van der Waals surface area contributed by atoms with Crippen LogP contribution in [0.1, 0.15) is 6.92 Å². The number of hydroxylamine groups is 1. The fraction of sp³-hybridized carbons (Fsp3) is 0.667. The van der Waals surface area contributed by atoms with Gasteiger partial charge in [-0.2, -0.15) is 5.48 Å². The van der Waals surface area contributed by atoms with Crippen LogP contribution in [0.5, 0.6) is 0 Å². The molecule has 0 aromatic rings. The van der Waals surface area contributed by atoms with Crippen LogP contribution >= 0.6 is 0 Å². The van der Waals surface area contributed by atoms with E-state index >= 15 is 0 Å². The van der Waals surface area contributed by atoms with E-state index in [4.69, 9.17) is 0 Å². The molecule has 0 aromatic heterocycles. The van der Waals surface area contributed by atoms with Gasteiger partial charge in [0.05, 0.1) is 0 Å². The van der Waals surface area contributed by atoms with Crippen molar-refractivity contribution >= 4 is 5.97 Å². The molecule has 6 heavy (non-hydrogen) atoms. The Morgan fingerprint density at radius 3 is 2.33 bits per heavy atom. The summed E-state index contributed by atoms with van der Waals surface area (Å²) in [5, 5.41) is 0. The SMILES string of the molecule is CNOC(C)=O. The Morgan fingerprint density at radius 2 is 2.33 bits per heavy atom. The molecule has 0 fully saturated rings. The quantitative estimate of drug-likeness (QED) is 0.447. The topological polar surface area (TPSA) is 38.3 Å². The van der Waals surface area contributed by atoms with E-state index in [1.54, 1.807) is 0 Å². The Kier molecular flexibility index (Phi) is 2.40. The minimum atomic E-state index is -0.322. The number of rotatable bonds is 1. The molecule has 36 valence electrons. The second kappa shape index (κ2) is 2.66. The molecule has 0 radical (unpaired) electrons. The maximum atomic E-state index is 9.76. The van der Waals surface area contributed by atoms with Crippen molar-refractivity contribution < 1.29 is 9.63 Å². The van der Waals surface area contributed by atoms with Crippen LogP contribution in [0.4, 0.5) is 0 Å². The Bertz CT molecular complexity index is 52.8. The van der Waals surface area contributed by atoms with Gasteiger partial charge in [-0.3, -0.25) is 4.79 Å². The molecule has 0 spiro atoms. The van der Waals surface area contributed by atoms with Crippen LogP contribution in [0.15, 0.2) is 0 Å². The normalized spacial score (nSPS) is 7.67. The summed E-state index contributed by atoms with van der Waals surface area (Å²) < 4.78 is 0. The van der Waals surface area contributed by atoms with Crippen molar-refractivity contribution in [2.45, 2.75) is 6.92 Å². The van der Waals surface area contributed by atoms with Gasteiger partial charge in [0, 0.05) is 14.0 Å². The lowest BCUT2D eigenvalue weighted by atomic mass is 10.8. The standard InChI is InChI=1S/C3H7NO2/c1-3(5)6-4-2/h4H,1-2H3. The lowest BCUT2D eigenvalue weighted by Crippen LogP contribution is -2.10. The largest absolute Gasteiger partial charge is 0.371 e. The molecule has 0 saturated carbocycles. The predicted octanol–water partition coefficient (Wildman–Crippen LogP) is -0.316. The van der Waals surface area contributed by atoms with E-state index in [0.717, 1.165) is 0 Å². The summed E-state index contributed by atoms with van der Waals surface area (Å²) in [6, 6.07) is 0. The first-order valence-corrected chi connectivity index (χ1v) is 1.61. The molecule has 0 saturated heterocycles. The lowest BCUT2D eigenvalue weighted by Gasteiger charge is -1.90. The highest BCUT2D eigenvalue weighted by atomic mass is 16.7. The van der Waals surface area contributed by atoms with Gasteiger partial charge >= 0.3 is 5.97 Å². The second-order valence-electron chi connectivity index (χ2n) is 0.798. The van der Waals surface area contributed by atoms with Crippen LogP contribution in [0.3, 0.4) is 0 Å². The molecule has 0 bridgehead atoms. The minimum Gasteiger partial charge on any atom is -0.371 e. The zero-order chi connectivity index (χ0) is 4.99. The highest BCUT2D eigenvalue weighted by Gasteiger charge is 1.81. The van der Waals surface area contributed by atoms with E-state index in [0.29, 0.717) is 0 Å². The van der Waals surface area contributed by atoms with Gasteiger partial charge in [0.15, 0.2) is 0 Å². The van der Waals surface area contributed by atoms with Crippen molar-refractivity contribution in [3.63, 3.8) is 0 Å². The van der Waals surface area contributed by atoms with Gasteiger partial charge in [-0.15, -0.1) is 0 Å². The second-order valence-corrected chi connectivity index (χ2v) is 0.798. The van der Waals surface area contributed by atoms with Crippen LogP contribution in [-0.4, -0.2) is 13.0 Å². The Labute approximate surface area is 36.2 Å². The summed E-state index contributed by atoms with van der Waals surface area (Å²) in [7, 11) is 1.53. The zero-order valence-corrected chi connectivity index (χ0v) is 3.82. The Morgan fingerprint density at radius 1 is 1.83 bits per heavy atom. The van der Waals surface area contributed by atoms with Crippen molar-refractivity contribution in [1.29, 1.82) is 0 Å². The molecule has 0 aliphatic carbocycles. The first kappa shape index (κ1) is 5.43. The Balaban J connectivity index is 2.83. The average Bonchev–Trinajstić information content (AvgIpc) is 1.35. The average molecular weight is 89.1 g/mol. The molecular weight excluding hydrogens is 82.0 g/mol. The smallest absolute Gasteiger partial charge is 0.321 e. The van der Waals surface area contributed by atoms with Gasteiger partial charge in [0.2, 0.25) is 0 Å². The molecule has 0 aliphatic heterocycles. The lowest BCUT2D eigenvalue weighted by molar-refractivity contribution is -0.147. The molecule has 3 nitrogen and oxygen atoms in total. The van der Waals surface area contributed by atoms with Crippen LogP contribution in [-0.2, 0) is 9.63 Å². The third-order valence-electron chi connectivity index (χ3n) is 0.246. The summed E-state index contributed by atoms with van der Waals surface area (Å²) in [6.45, 7) is 1.33. The number of nitrogens with one attached hydrogen (secondary N) is 1. The molecule has 0 aromatic carbocycles. The van der Waals surface area contributed by atoms with Gasteiger partial charge in [0.25, 0.3) is 0 Å². The highest BCUT2D eigenvalue weighted by molar-refractivity contribution is 5.65. The van der Waals surface area contributed by atoms with Crippen LogP contribution in [0.25, 0.3) is 0 Å². The summed E-state index contributed by atoms with van der Waals surface area (Å²) in [5.41, 5.74) is 2.22. The van der Waals surface area contributed by atoms with E-state index in [1.165, 1.54) is 14.0 Å². The van der Waals surface area contributed by atoms with Crippen molar-refractivity contribution in [3.05, 3.63) is 0 Å². The molecule has 3 heteroatoms. The Hall–Kier alpha value is -0.570. The summed E-state index contributed by atoms with van der Waals surface area (Å²) in [5.74, 6) is -0.322. The van der Waals surface area contributed by atoms with E-state index in [1.807, 2.05) is 0 Å². The first-order chi connectivity index (χ1) is 2.77. The summed E-state index contributed by atoms with van der Waals surface area (Å²) in [4.78, 5) is 13.9. The fourth-order valence-electron chi connectivity index (χ4n) is 0.144. The number of carbonyl (C=O) groups is 1. The molecule has 1 N–H and O–H groups in total. The van der Waals surface area contributed by atoms with Crippen molar-refractivity contribution in [1.82, 2.24) is 5.48 Å². The highest BCUT2D eigenvalue weighted by Crippen LogP contribution is 1.60. The number of hydrogen-bond donors (Lipinski definition) is 1. The van der Waals surface area contributed by atoms with Crippen molar-refractivity contribution in [3.8, 4) is 0 Å². The van der Waals surface area contributed by atoms with Crippen LogP contribution in [0.2, 0.25) is 0 Å². The fourth-order valence-corrected chi connectivity index (χ4v) is 0.144. The van der Waals surface area contributed by atoms with Crippen molar-refractivity contribution in [2.75, 3.05) is 7.05 Å². The summed E-state index contributed by atoms with van der Waals surface area (Å²) >= 11 is 0. The monoisotopic (exact) mass is 89.0 g/mol. The van der Waals surface area contributed by atoms with E-state index in [9.17, 15) is 4.79 Å².